The lowest BCUT2D eigenvalue weighted by Gasteiger charge is -2.27. The topological polar surface area (TPSA) is 78.4 Å². The Balaban J connectivity index is 2.68. The van der Waals surface area contributed by atoms with Gasteiger partial charge in [-0.3, -0.25) is 0 Å². The summed E-state index contributed by atoms with van der Waals surface area (Å²) in [6, 6.07) is 5.00. The number of carboxylic acid groups (broad SMARTS) is 1. The molecule has 5 nitrogen and oxygen atoms in total. The molecule has 1 rings (SSSR count). The van der Waals surface area contributed by atoms with Crippen molar-refractivity contribution in [2.75, 3.05) is 5.32 Å². The third-order valence-electron chi connectivity index (χ3n) is 2.49. The average molecular weight is 285 g/mol. The van der Waals surface area contributed by atoms with Gasteiger partial charge >= 0.3 is 12.0 Å². The minimum absolute atomic E-state index is 0.542. The number of anilines is 1. The van der Waals surface area contributed by atoms with Crippen molar-refractivity contribution in [3.05, 3.63) is 29.3 Å². The van der Waals surface area contributed by atoms with Gasteiger partial charge in [-0.2, -0.15) is 0 Å². The van der Waals surface area contributed by atoms with Crippen LogP contribution < -0.4 is 10.6 Å². The first kappa shape index (κ1) is 15.3. The molecule has 0 aliphatic heterocycles. The van der Waals surface area contributed by atoms with E-state index in [0.29, 0.717) is 10.7 Å². The van der Waals surface area contributed by atoms with Gasteiger partial charge in [0.25, 0.3) is 0 Å². The van der Waals surface area contributed by atoms with Crippen LogP contribution >= 0.6 is 11.6 Å². The average Bonchev–Trinajstić information content (AvgIpc) is 2.27. The molecule has 2 amide bonds. The number of benzene rings is 1. The molecule has 0 bridgehead atoms. The van der Waals surface area contributed by atoms with Gasteiger partial charge in [0.15, 0.2) is 0 Å². The quantitative estimate of drug-likeness (QED) is 0.798. The summed E-state index contributed by atoms with van der Waals surface area (Å²) in [6.07, 6.45) is 0. The first-order valence-electron chi connectivity index (χ1n) is 5.76. The molecule has 0 saturated heterocycles. The highest BCUT2D eigenvalue weighted by Crippen LogP contribution is 2.20. The lowest BCUT2D eigenvalue weighted by molar-refractivity contribution is -0.141. The van der Waals surface area contributed by atoms with Crippen LogP contribution in [0, 0.1) is 5.41 Å². The molecule has 104 valence electrons. The molecule has 0 heterocycles. The van der Waals surface area contributed by atoms with Crippen LogP contribution in [0.15, 0.2) is 24.3 Å². The second-order valence-electron chi connectivity index (χ2n) is 5.24. The highest BCUT2D eigenvalue weighted by atomic mass is 35.5. The highest BCUT2D eigenvalue weighted by molar-refractivity contribution is 6.30. The zero-order valence-electron chi connectivity index (χ0n) is 11.0. The minimum atomic E-state index is -1.07. The summed E-state index contributed by atoms with van der Waals surface area (Å²) in [5.74, 6) is -1.07. The maximum absolute atomic E-state index is 11.7. The van der Waals surface area contributed by atoms with E-state index in [2.05, 4.69) is 10.6 Å². The largest absolute Gasteiger partial charge is 0.480 e. The SMILES string of the molecule is CC(C)(C)C(NC(=O)Nc1ccc(Cl)cc1)C(=O)O. The molecule has 0 saturated carbocycles. The first-order chi connectivity index (χ1) is 8.70. The lowest BCUT2D eigenvalue weighted by atomic mass is 9.87. The molecule has 1 atom stereocenters. The summed E-state index contributed by atoms with van der Waals surface area (Å²) < 4.78 is 0. The van der Waals surface area contributed by atoms with Gasteiger partial charge in [-0.1, -0.05) is 32.4 Å². The fraction of sp³-hybridized carbons (Fsp3) is 0.385. The Labute approximate surface area is 117 Å². The van der Waals surface area contributed by atoms with Crippen LogP contribution in [0.5, 0.6) is 0 Å². The van der Waals surface area contributed by atoms with Crippen molar-refractivity contribution in [2.24, 2.45) is 5.41 Å². The lowest BCUT2D eigenvalue weighted by Crippen LogP contribution is -2.50. The maximum Gasteiger partial charge on any atom is 0.326 e. The van der Waals surface area contributed by atoms with Gasteiger partial charge in [0, 0.05) is 10.7 Å². The molecule has 1 aromatic rings. The van der Waals surface area contributed by atoms with Gasteiger partial charge in [-0.05, 0) is 29.7 Å². The molecule has 0 spiro atoms. The molecule has 0 fully saturated rings. The molecular weight excluding hydrogens is 268 g/mol. The van der Waals surface area contributed by atoms with Crippen LogP contribution in [0.2, 0.25) is 5.02 Å². The fourth-order valence-electron chi connectivity index (χ4n) is 1.48. The molecule has 19 heavy (non-hydrogen) atoms. The van der Waals surface area contributed by atoms with Crippen LogP contribution in [-0.2, 0) is 4.79 Å². The van der Waals surface area contributed by atoms with Crippen LogP contribution in [-0.4, -0.2) is 23.1 Å². The van der Waals surface area contributed by atoms with Crippen molar-refractivity contribution < 1.29 is 14.7 Å². The molecule has 0 radical (unpaired) electrons. The number of carbonyl (C=O) groups excluding carboxylic acids is 1. The second kappa shape index (κ2) is 5.93. The predicted molar refractivity (Wildman–Crippen MR) is 74.5 cm³/mol. The number of rotatable bonds is 3. The van der Waals surface area contributed by atoms with Gasteiger partial charge in [-0.25, -0.2) is 9.59 Å². The summed E-state index contributed by atoms with van der Waals surface area (Å²) >= 11 is 5.73. The zero-order chi connectivity index (χ0) is 14.6. The number of amides is 2. The van der Waals surface area contributed by atoms with Gasteiger partial charge < -0.3 is 15.7 Å². The van der Waals surface area contributed by atoms with Crippen molar-refractivity contribution in [1.82, 2.24) is 5.32 Å². The van der Waals surface area contributed by atoms with E-state index in [4.69, 9.17) is 16.7 Å². The summed E-state index contributed by atoms with van der Waals surface area (Å²) in [6.45, 7) is 5.23. The molecule has 0 aliphatic carbocycles. The van der Waals surface area contributed by atoms with Crippen molar-refractivity contribution >= 4 is 29.3 Å². The Hall–Kier alpha value is -1.75. The van der Waals surface area contributed by atoms with Crippen LogP contribution in [0.25, 0.3) is 0 Å². The summed E-state index contributed by atoms with van der Waals surface area (Å²) in [4.78, 5) is 22.9. The molecule has 1 unspecified atom stereocenters. The first-order valence-corrected chi connectivity index (χ1v) is 6.14. The van der Waals surface area contributed by atoms with E-state index in [1.807, 2.05) is 0 Å². The summed E-state index contributed by atoms with van der Waals surface area (Å²) in [7, 11) is 0. The molecule has 1 aromatic carbocycles. The van der Waals surface area contributed by atoms with Gasteiger partial charge in [0.2, 0.25) is 0 Å². The number of hydrogen-bond donors (Lipinski definition) is 3. The third kappa shape index (κ3) is 4.79. The molecular formula is C13H17ClN2O3. The number of nitrogens with one attached hydrogen (secondary N) is 2. The van der Waals surface area contributed by atoms with Crippen molar-refractivity contribution in [1.29, 1.82) is 0 Å². The van der Waals surface area contributed by atoms with Gasteiger partial charge in [0.1, 0.15) is 6.04 Å². The molecule has 0 aromatic heterocycles. The van der Waals surface area contributed by atoms with E-state index in [0.717, 1.165) is 0 Å². The maximum atomic E-state index is 11.7. The third-order valence-corrected chi connectivity index (χ3v) is 2.74. The van der Waals surface area contributed by atoms with Crippen molar-refractivity contribution in [3.63, 3.8) is 0 Å². The Morgan fingerprint density at radius 1 is 1.21 bits per heavy atom. The predicted octanol–water partition coefficient (Wildman–Crippen LogP) is 2.96. The van der Waals surface area contributed by atoms with E-state index in [1.54, 1.807) is 45.0 Å². The Morgan fingerprint density at radius 2 is 1.74 bits per heavy atom. The number of halogens is 1. The Morgan fingerprint density at radius 3 is 2.16 bits per heavy atom. The van der Waals surface area contributed by atoms with E-state index >= 15 is 0 Å². The Bertz CT molecular complexity index is 466. The smallest absolute Gasteiger partial charge is 0.326 e. The summed E-state index contributed by atoms with van der Waals surface area (Å²) in [5, 5.41) is 14.7. The van der Waals surface area contributed by atoms with Gasteiger partial charge in [0.05, 0.1) is 0 Å². The highest BCUT2D eigenvalue weighted by Gasteiger charge is 2.32. The normalized spacial score (nSPS) is 12.6. The number of carboxylic acids is 1. The number of hydrogen-bond acceptors (Lipinski definition) is 2. The number of aliphatic carboxylic acids is 1. The van der Waals surface area contributed by atoms with Crippen molar-refractivity contribution in [3.8, 4) is 0 Å². The van der Waals surface area contributed by atoms with E-state index in [1.165, 1.54) is 0 Å². The van der Waals surface area contributed by atoms with Crippen LogP contribution in [0.4, 0.5) is 10.5 Å². The molecule has 0 aliphatic rings. The Kier molecular flexibility index (Phi) is 4.78. The van der Waals surface area contributed by atoms with E-state index in [-0.39, 0.29) is 0 Å². The number of carbonyl (C=O) groups is 2. The number of urea groups is 1. The monoisotopic (exact) mass is 284 g/mol. The van der Waals surface area contributed by atoms with Gasteiger partial charge in [-0.15, -0.1) is 0 Å². The molecule has 6 heteroatoms. The summed E-state index contributed by atoms with van der Waals surface area (Å²) in [5.41, 5.74) is -0.0386. The molecule has 3 N–H and O–H groups in total. The van der Waals surface area contributed by atoms with Crippen LogP contribution in [0.1, 0.15) is 20.8 Å². The van der Waals surface area contributed by atoms with E-state index in [9.17, 15) is 9.59 Å². The second-order valence-corrected chi connectivity index (χ2v) is 5.68. The van der Waals surface area contributed by atoms with Crippen molar-refractivity contribution in [2.45, 2.75) is 26.8 Å². The zero-order valence-corrected chi connectivity index (χ0v) is 11.8. The fourth-order valence-corrected chi connectivity index (χ4v) is 1.61. The standard InChI is InChI=1S/C13H17ClN2O3/c1-13(2,3)10(11(17)18)16-12(19)15-9-6-4-8(14)5-7-9/h4-7,10H,1-3H3,(H,17,18)(H2,15,16,19). The minimum Gasteiger partial charge on any atom is -0.480 e. The van der Waals surface area contributed by atoms with Crippen LogP contribution in [0.3, 0.4) is 0 Å². The van der Waals surface area contributed by atoms with E-state index < -0.39 is 23.5 Å².